The third kappa shape index (κ3) is 2.17. The van der Waals surface area contributed by atoms with E-state index in [0.717, 1.165) is 0 Å². The van der Waals surface area contributed by atoms with E-state index in [0.29, 0.717) is 27.6 Å². The van der Waals surface area contributed by atoms with Crippen molar-refractivity contribution in [3.05, 3.63) is 40.1 Å². The van der Waals surface area contributed by atoms with E-state index in [1.54, 1.807) is 31.4 Å². The van der Waals surface area contributed by atoms with Gasteiger partial charge in [-0.15, -0.1) is 11.3 Å². The van der Waals surface area contributed by atoms with Crippen LogP contribution in [0.3, 0.4) is 0 Å². The fourth-order valence-corrected chi connectivity index (χ4v) is 2.45. The van der Waals surface area contributed by atoms with Crippen molar-refractivity contribution in [1.29, 1.82) is 0 Å². The van der Waals surface area contributed by atoms with Gasteiger partial charge >= 0.3 is 0 Å². The summed E-state index contributed by atoms with van der Waals surface area (Å²) in [6, 6.07) is 6.74. The van der Waals surface area contributed by atoms with Crippen LogP contribution in [-0.4, -0.2) is 20.0 Å². The van der Waals surface area contributed by atoms with Crippen molar-refractivity contribution in [3.8, 4) is 11.5 Å². The Morgan fingerprint density at radius 2 is 1.89 bits per heavy atom. The number of nitrogen functional groups attached to an aromatic ring is 1. The van der Waals surface area contributed by atoms with Gasteiger partial charge in [0.05, 0.1) is 19.8 Å². The zero-order valence-electron chi connectivity index (χ0n) is 10.1. The first kappa shape index (κ1) is 12.4. The van der Waals surface area contributed by atoms with Crippen LogP contribution < -0.4 is 15.2 Å². The highest BCUT2D eigenvalue weighted by atomic mass is 32.1. The van der Waals surface area contributed by atoms with E-state index in [4.69, 9.17) is 15.2 Å². The fourth-order valence-electron chi connectivity index (χ4n) is 1.64. The number of ketones is 1. The minimum Gasteiger partial charge on any atom is -0.496 e. The fraction of sp³-hybridized carbons (Fsp3) is 0.154. The predicted molar refractivity (Wildman–Crippen MR) is 71.7 cm³/mol. The Bertz CT molecular complexity index is 577. The van der Waals surface area contributed by atoms with Crippen molar-refractivity contribution in [3.63, 3.8) is 0 Å². The highest BCUT2D eigenvalue weighted by molar-refractivity contribution is 7.12. The van der Waals surface area contributed by atoms with Gasteiger partial charge in [-0.1, -0.05) is 0 Å². The average molecular weight is 263 g/mol. The van der Waals surface area contributed by atoms with E-state index >= 15 is 0 Å². The summed E-state index contributed by atoms with van der Waals surface area (Å²) in [5, 5.41) is 1.82. The molecule has 0 saturated heterocycles. The first-order chi connectivity index (χ1) is 8.67. The Hall–Kier alpha value is -2.01. The normalized spacial score (nSPS) is 10.1. The first-order valence-corrected chi connectivity index (χ1v) is 6.15. The molecule has 1 heterocycles. The standard InChI is InChI=1S/C13H13NO3S/c1-16-10-5-6-18-13(10)12(15)9-4-3-8(14)7-11(9)17-2/h3-7H,14H2,1-2H3. The second-order valence-electron chi connectivity index (χ2n) is 3.61. The Balaban J connectivity index is 2.46. The van der Waals surface area contributed by atoms with Gasteiger partial charge in [-0.2, -0.15) is 0 Å². The van der Waals surface area contributed by atoms with Crippen LogP contribution in [0.4, 0.5) is 5.69 Å². The van der Waals surface area contributed by atoms with Crippen LogP contribution in [0.15, 0.2) is 29.6 Å². The molecule has 94 valence electrons. The Labute approximate surface area is 109 Å². The summed E-state index contributed by atoms with van der Waals surface area (Å²) in [5.74, 6) is 0.915. The molecule has 0 fully saturated rings. The number of rotatable bonds is 4. The van der Waals surface area contributed by atoms with Gasteiger partial charge in [-0.3, -0.25) is 4.79 Å². The van der Waals surface area contributed by atoms with Gasteiger partial charge in [0.1, 0.15) is 16.4 Å². The second kappa shape index (κ2) is 5.10. The third-order valence-electron chi connectivity index (χ3n) is 2.53. The summed E-state index contributed by atoms with van der Waals surface area (Å²) in [5.41, 5.74) is 6.70. The van der Waals surface area contributed by atoms with Crippen molar-refractivity contribution < 1.29 is 14.3 Å². The van der Waals surface area contributed by atoms with E-state index in [2.05, 4.69) is 0 Å². The molecular weight excluding hydrogens is 250 g/mol. The molecule has 0 unspecified atom stereocenters. The van der Waals surface area contributed by atoms with Crippen molar-refractivity contribution >= 4 is 22.8 Å². The van der Waals surface area contributed by atoms with E-state index in [9.17, 15) is 4.79 Å². The van der Waals surface area contributed by atoms with Gasteiger partial charge in [0.25, 0.3) is 0 Å². The summed E-state index contributed by atoms with van der Waals surface area (Å²) in [6.45, 7) is 0. The lowest BCUT2D eigenvalue weighted by Gasteiger charge is -2.08. The summed E-state index contributed by atoms with van der Waals surface area (Å²) in [6.07, 6.45) is 0. The minimum absolute atomic E-state index is 0.126. The van der Waals surface area contributed by atoms with Gasteiger partial charge in [0, 0.05) is 11.8 Å². The van der Waals surface area contributed by atoms with Crippen LogP contribution in [0.1, 0.15) is 15.2 Å². The SMILES string of the molecule is COc1cc(N)ccc1C(=O)c1sccc1OC. The number of hydrogen-bond acceptors (Lipinski definition) is 5. The number of anilines is 1. The lowest BCUT2D eigenvalue weighted by molar-refractivity contribution is 0.103. The van der Waals surface area contributed by atoms with Gasteiger partial charge in [-0.05, 0) is 23.6 Å². The van der Waals surface area contributed by atoms with Crippen molar-refractivity contribution in [2.45, 2.75) is 0 Å². The molecule has 0 spiro atoms. The average Bonchev–Trinajstić information content (AvgIpc) is 2.86. The van der Waals surface area contributed by atoms with Gasteiger partial charge in [0.15, 0.2) is 0 Å². The minimum atomic E-state index is -0.126. The van der Waals surface area contributed by atoms with Crippen LogP contribution in [0.2, 0.25) is 0 Å². The van der Waals surface area contributed by atoms with Gasteiger partial charge < -0.3 is 15.2 Å². The van der Waals surface area contributed by atoms with Crippen LogP contribution in [-0.2, 0) is 0 Å². The third-order valence-corrected chi connectivity index (χ3v) is 3.42. The number of carbonyl (C=O) groups is 1. The smallest absolute Gasteiger partial charge is 0.210 e. The van der Waals surface area contributed by atoms with E-state index in [1.807, 2.05) is 5.38 Å². The monoisotopic (exact) mass is 263 g/mol. The highest BCUT2D eigenvalue weighted by Gasteiger charge is 2.19. The number of benzene rings is 1. The zero-order chi connectivity index (χ0) is 13.1. The number of thiophene rings is 1. The largest absolute Gasteiger partial charge is 0.496 e. The summed E-state index contributed by atoms with van der Waals surface area (Å²) in [7, 11) is 3.05. The molecule has 0 amide bonds. The van der Waals surface area contributed by atoms with Crippen molar-refractivity contribution in [2.24, 2.45) is 0 Å². The predicted octanol–water partition coefficient (Wildman–Crippen LogP) is 2.58. The summed E-state index contributed by atoms with van der Waals surface area (Å²) < 4.78 is 10.3. The molecule has 2 rings (SSSR count). The number of nitrogens with two attached hydrogens (primary N) is 1. The Morgan fingerprint density at radius 3 is 2.56 bits per heavy atom. The topological polar surface area (TPSA) is 61.5 Å². The summed E-state index contributed by atoms with van der Waals surface area (Å²) >= 11 is 1.34. The quantitative estimate of drug-likeness (QED) is 0.680. The molecule has 18 heavy (non-hydrogen) atoms. The molecule has 0 aliphatic carbocycles. The van der Waals surface area contributed by atoms with Crippen LogP contribution in [0.25, 0.3) is 0 Å². The molecule has 1 aromatic carbocycles. The lowest BCUT2D eigenvalue weighted by Crippen LogP contribution is -2.04. The zero-order valence-corrected chi connectivity index (χ0v) is 10.9. The number of methoxy groups -OCH3 is 2. The molecule has 0 bridgehead atoms. The molecule has 5 heteroatoms. The number of hydrogen-bond donors (Lipinski definition) is 1. The highest BCUT2D eigenvalue weighted by Crippen LogP contribution is 2.31. The van der Waals surface area contributed by atoms with Crippen LogP contribution >= 0.6 is 11.3 Å². The summed E-state index contributed by atoms with van der Waals surface area (Å²) in [4.78, 5) is 12.9. The maximum atomic E-state index is 12.4. The molecule has 1 aromatic heterocycles. The molecule has 0 atom stereocenters. The number of carbonyl (C=O) groups excluding carboxylic acids is 1. The van der Waals surface area contributed by atoms with Gasteiger partial charge in [0.2, 0.25) is 5.78 Å². The molecule has 2 aromatic rings. The van der Waals surface area contributed by atoms with E-state index in [-0.39, 0.29) is 5.78 Å². The second-order valence-corrected chi connectivity index (χ2v) is 4.52. The molecule has 0 radical (unpaired) electrons. The van der Waals surface area contributed by atoms with E-state index < -0.39 is 0 Å². The van der Waals surface area contributed by atoms with Crippen LogP contribution in [0, 0.1) is 0 Å². The Kier molecular flexibility index (Phi) is 3.53. The maximum Gasteiger partial charge on any atom is 0.210 e. The molecule has 4 nitrogen and oxygen atoms in total. The van der Waals surface area contributed by atoms with Crippen LogP contribution in [0.5, 0.6) is 11.5 Å². The molecule has 2 N–H and O–H groups in total. The maximum absolute atomic E-state index is 12.4. The molecule has 0 saturated carbocycles. The van der Waals surface area contributed by atoms with E-state index in [1.165, 1.54) is 18.4 Å². The van der Waals surface area contributed by atoms with Gasteiger partial charge in [-0.25, -0.2) is 0 Å². The first-order valence-electron chi connectivity index (χ1n) is 5.27. The molecule has 0 aliphatic rings. The van der Waals surface area contributed by atoms with Crippen molar-refractivity contribution in [1.82, 2.24) is 0 Å². The lowest BCUT2D eigenvalue weighted by atomic mass is 10.1. The number of ether oxygens (including phenoxy) is 2. The molecular formula is C13H13NO3S. The molecule has 0 aliphatic heterocycles. The van der Waals surface area contributed by atoms with Crippen molar-refractivity contribution in [2.75, 3.05) is 20.0 Å². The Morgan fingerprint density at radius 1 is 1.17 bits per heavy atom.